The molecule has 0 aliphatic carbocycles. The summed E-state index contributed by atoms with van der Waals surface area (Å²) >= 11 is 12.0. The summed E-state index contributed by atoms with van der Waals surface area (Å²) in [6.07, 6.45) is 3.27. The molecule has 120 valence electrons. The second-order valence-corrected chi connectivity index (χ2v) is 9.40. The van der Waals surface area contributed by atoms with Crippen LogP contribution >= 0.6 is 23.2 Å². The van der Waals surface area contributed by atoms with Gasteiger partial charge in [0.25, 0.3) is 5.91 Å². The van der Waals surface area contributed by atoms with Crippen molar-refractivity contribution in [3.8, 4) is 0 Å². The van der Waals surface area contributed by atoms with Gasteiger partial charge in [0.05, 0.1) is 11.3 Å². The number of hydrogen-bond donors (Lipinski definition) is 1. The largest absolute Gasteiger partial charge is 0.332 e. The normalized spacial score (nSPS) is 31.6. The number of hydrogen-bond acceptors (Lipinski definition) is 3. The van der Waals surface area contributed by atoms with Crippen molar-refractivity contribution in [1.29, 1.82) is 4.78 Å². The molecule has 3 rings (SSSR count). The number of amides is 1. The van der Waals surface area contributed by atoms with Crippen molar-refractivity contribution >= 4 is 38.8 Å². The number of nitrogens with zero attached hydrogens (tertiary/aromatic N) is 1. The lowest BCUT2D eigenvalue weighted by Gasteiger charge is -2.42. The van der Waals surface area contributed by atoms with E-state index in [4.69, 9.17) is 28.0 Å². The van der Waals surface area contributed by atoms with Gasteiger partial charge in [-0.15, -0.1) is 0 Å². The highest BCUT2D eigenvalue weighted by molar-refractivity contribution is 7.92. The highest BCUT2D eigenvalue weighted by Crippen LogP contribution is 2.39. The molecule has 7 heteroatoms. The van der Waals surface area contributed by atoms with E-state index in [0.29, 0.717) is 33.7 Å². The SMILES string of the molecule is N=S1(=O)CCCC2(CCCN2C(=O)c2cc(Cl)cc(Cl)c2)C1. The number of carbonyl (C=O) groups excluding carboxylic acids is 1. The van der Waals surface area contributed by atoms with Crippen molar-refractivity contribution in [3.63, 3.8) is 0 Å². The van der Waals surface area contributed by atoms with Crippen LogP contribution in [0.4, 0.5) is 0 Å². The van der Waals surface area contributed by atoms with Crippen molar-refractivity contribution in [2.75, 3.05) is 18.1 Å². The molecule has 0 bridgehead atoms. The Balaban J connectivity index is 1.94. The summed E-state index contributed by atoms with van der Waals surface area (Å²) in [6, 6.07) is 4.82. The molecule has 1 aromatic rings. The number of rotatable bonds is 1. The lowest BCUT2D eigenvalue weighted by Crippen LogP contribution is -2.54. The number of benzene rings is 1. The third-order valence-corrected chi connectivity index (χ3v) is 6.96. The zero-order valence-corrected chi connectivity index (χ0v) is 14.4. The van der Waals surface area contributed by atoms with Crippen LogP contribution in [-0.4, -0.2) is 38.6 Å². The van der Waals surface area contributed by atoms with Crippen LogP contribution in [0.5, 0.6) is 0 Å². The molecule has 2 heterocycles. The van der Waals surface area contributed by atoms with Gasteiger partial charge >= 0.3 is 0 Å². The topological polar surface area (TPSA) is 61.2 Å². The number of carbonyl (C=O) groups is 1. The summed E-state index contributed by atoms with van der Waals surface area (Å²) in [6.45, 7) is 0.637. The molecule has 4 nitrogen and oxygen atoms in total. The monoisotopic (exact) mass is 360 g/mol. The summed E-state index contributed by atoms with van der Waals surface area (Å²) in [5.41, 5.74) is 0.0315. The van der Waals surface area contributed by atoms with Gasteiger partial charge in [0, 0.05) is 37.6 Å². The van der Waals surface area contributed by atoms with Crippen molar-refractivity contribution in [2.24, 2.45) is 0 Å². The highest BCUT2D eigenvalue weighted by Gasteiger charge is 2.47. The highest BCUT2D eigenvalue weighted by atomic mass is 35.5. The van der Waals surface area contributed by atoms with Crippen LogP contribution in [0.1, 0.15) is 36.0 Å². The average molecular weight is 361 g/mol. The van der Waals surface area contributed by atoms with E-state index in [9.17, 15) is 9.00 Å². The smallest absolute Gasteiger partial charge is 0.254 e. The number of likely N-dealkylation sites (tertiary alicyclic amines) is 1. The van der Waals surface area contributed by atoms with Gasteiger partial charge in [-0.2, -0.15) is 0 Å². The van der Waals surface area contributed by atoms with E-state index < -0.39 is 15.3 Å². The maximum Gasteiger partial charge on any atom is 0.254 e. The van der Waals surface area contributed by atoms with Crippen LogP contribution in [0.15, 0.2) is 18.2 Å². The first-order valence-electron chi connectivity index (χ1n) is 7.34. The van der Waals surface area contributed by atoms with Gasteiger partial charge in [-0.1, -0.05) is 23.2 Å². The van der Waals surface area contributed by atoms with Crippen molar-refractivity contribution < 1.29 is 9.00 Å². The van der Waals surface area contributed by atoms with Crippen molar-refractivity contribution in [3.05, 3.63) is 33.8 Å². The van der Waals surface area contributed by atoms with E-state index in [1.807, 2.05) is 4.90 Å². The molecule has 2 fully saturated rings. The van der Waals surface area contributed by atoms with E-state index >= 15 is 0 Å². The summed E-state index contributed by atoms with van der Waals surface area (Å²) in [5.74, 6) is 0.610. The van der Waals surface area contributed by atoms with Crippen LogP contribution in [0.25, 0.3) is 0 Å². The fourth-order valence-corrected chi connectivity index (χ4v) is 6.30. The fourth-order valence-electron chi connectivity index (χ4n) is 3.71. The first-order chi connectivity index (χ1) is 10.3. The Labute approximate surface area is 140 Å². The standard InChI is InChI=1S/C15H18Cl2N2O2S/c16-12-7-11(8-13(17)9-12)14(20)19-5-1-3-15(19)4-2-6-22(18,21)10-15/h7-9,18H,1-6,10H2. The van der Waals surface area contributed by atoms with E-state index in [2.05, 4.69) is 0 Å². The lowest BCUT2D eigenvalue weighted by molar-refractivity contribution is 0.0609. The van der Waals surface area contributed by atoms with Gasteiger partial charge in [-0.25, -0.2) is 4.21 Å². The molecular formula is C15H18Cl2N2O2S. The quantitative estimate of drug-likeness (QED) is 0.827. The molecular weight excluding hydrogens is 343 g/mol. The first-order valence-corrected chi connectivity index (χ1v) is 9.99. The molecule has 1 N–H and O–H groups in total. The molecule has 2 aliphatic rings. The Bertz CT molecular complexity index is 700. The fraction of sp³-hybridized carbons (Fsp3) is 0.533. The van der Waals surface area contributed by atoms with E-state index in [-0.39, 0.29) is 5.91 Å². The van der Waals surface area contributed by atoms with E-state index in [0.717, 1.165) is 25.7 Å². The minimum Gasteiger partial charge on any atom is -0.332 e. The average Bonchev–Trinajstić information content (AvgIpc) is 2.78. The second kappa shape index (κ2) is 5.69. The van der Waals surface area contributed by atoms with Crippen LogP contribution < -0.4 is 0 Å². The Hall–Kier alpha value is -0.780. The molecule has 2 unspecified atom stereocenters. The summed E-state index contributed by atoms with van der Waals surface area (Å²) in [5, 5.41) is 0.856. The maximum absolute atomic E-state index is 12.9. The molecule has 2 atom stereocenters. The summed E-state index contributed by atoms with van der Waals surface area (Å²) in [7, 11) is -2.59. The van der Waals surface area contributed by atoms with Crippen LogP contribution in [0, 0.1) is 4.78 Å². The predicted molar refractivity (Wildman–Crippen MR) is 89.3 cm³/mol. The van der Waals surface area contributed by atoms with Crippen LogP contribution in [0.3, 0.4) is 0 Å². The maximum atomic E-state index is 12.9. The van der Waals surface area contributed by atoms with Gasteiger partial charge in [0.2, 0.25) is 0 Å². The molecule has 2 aliphatic heterocycles. The predicted octanol–water partition coefficient (Wildman–Crippen LogP) is 3.81. The summed E-state index contributed by atoms with van der Waals surface area (Å²) in [4.78, 5) is 14.7. The molecule has 0 aromatic heterocycles. The molecule has 1 spiro atoms. The molecule has 0 saturated carbocycles. The Morgan fingerprint density at radius 1 is 1.18 bits per heavy atom. The van der Waals surface area contributed by atoms with E-state index in [1.165, 1.54) is 0 Å². The van der Waals surface area contributed by atoms with Gasteiger partial charge in [-0.3, -0.25) is 9.57 Å². The molecule has 1 amide bonds. The lowest BCUT2D eigenvalue weighted by atomic mass is 9.92. The molecule has 1 aromatic carbocycles. The number of halogens is 2. The number of nitrogens with one attached hydrogen (secondary N) is 1. The minimum atomic E-state index is -2.59. The Kier molecular flexibility index (Phi) is 4.16. The van der Waals surface area contributed by atoms with Gasteiger partial charge in [0.15, 0.2) is 0 Å². The second-order valence-electron chi connectivity index (χ2n) is 6.21. The van der Waals surface area contributed by atoms with E-state index in [1.54, 1.807) is 18.2 Å². The minimum absolute atomic E-state index is 0.126. The van der Waals surface area contributed by atoms with Crippen molar-refractivity contribution in [1.82, 2.24) is 4.90 Å². The zero-order valence-electron chi connectivity index (χ0n) is 12.1. The molecule has 22 heavy (non-hydrogen) atoms. The van der Waals surface area contributed by atoms with Gasteiger partial charge < -0.3 is 4.90 Å². The third kappa shape index (κ3) is 2.99. The Morgan fingerprint density at radius 2 is 1.82 bits per heavy atom. The first kappa shape index (κ1) is 16.1. The molecule has 2 saturated heterocycles. The van der Waals surface area contributed by atoms with Gasteiger partial charge in [0.1, 0.15) is 0 Å². The Morgan fingerprint density at radius 3 is 2.45 bits per heavy atom. The van der Waals surface area contributed by atoms with Crippen molar-refractivity contribution in [2.45, 2.75) is 31.2 Å². The zero-order chi connectivity index (χ0) is 16.0. The van der Waals surface area contributed by atoms with Crippen LogP contribution in [-0.2, 0) is 9.73 Å². The third-order valence-electron chi connectivity index (χ3n) is 4.57. The molecule has 0 radical (unpaired) electrons. The summed E-state index contributed by atoms with van der Waals surface area (Å²) < 4.78 is 20.2. The van der Waals surface area contributed by atoms with Crippen LogP contribution in [0.2, 0.25) is 10.0 Å². The van der Waals surface area contributed by atoms with Gasteiger partial charge in [-0.05, 0) is 43.9 Å².